The molecule has 0 heterocycles. The van der Waals surface area contributed by atoms with E-state index in [0.717, 1.165) is 6.54 Å². The lowest BCUT2D eigenvalue weighted by Gasteiger charge is -2.31. The van der Waals surface area contributed by atoms with E-state index in [9.17, 15) is 9.59 Å². The Balaban J connectivity index is 4.59. The van der Waals surface area contributed by atoms with Crippen molar-refractivity contribution in [3.8, 4) is 0 Å². The Morgan fingerprint density at radius 3 is 1.74 bits per heavy atom. The molecule has 0 saturated carbocycles. The molecule has 7 heteroatoms. The Hall–Kier alpha value is -1.18. The lowest BCUT2D eigenvalue weighted by molar-refractivity contribution is -0.142. The molecule has 0 aromatic carbocycles. The lowest BCUT2D eigenvalue weighted by atomic mass is 10.2. The summed E-state index contributed by atoms with van der Waals surface area (Å²) in [4.78, 5) is 26.9. The summed E-state index contributed by atoms with van der Waals surface area (Å²) in [6, 6.07) is 0. The molecule has 0 aliphatic carbocycles. The molecular weight excluding hydrogens is 250 g/mol. The van der Waals surface area contributed by atoms with Gasteiger partial charge in [-0.05, 0) is 20.0 Å². The summed E-state index contributed by atoms with van der Waals surface area (Å²) < 4.78 is 0. The van der Waals surface area contributed by atoms with E-state index in [2.05, 4.69) is 13.8 Å². The normalized spacial score (nSPS) is 11.8. The quantitative estimate of drug-likeness (QED) is 0.538. The third-order valence-electron chi connectivity index (χ3n) is 2.22. The summed E-state index contributed by atoms with van der Waals surface area (Å²) in [6.45, 7) is 5.38. The van der Waals surface area contributed by atoms with E-state index in [-0.39, 0.29) is 13.1 Å². The first-order valence-electron chi connectivity index (χ1n) is 6.23. The van der Waals surface area contributed by atoms with E-state index in [1.54, 1.807) is 0 Å². The van der Waals surface area contributed by atoms with E-state index >= 15 is 0 Å². The van der Waals surface area contributed by atoms with Crippen molar-refractivity contribution < 1.29 is 19.8 Å². The van der Waals surface area contributed by atoms with Crippen LogP contribution in [0.2, 0.25) is 0 Å². The number of rotatable bonds is 10. The summed E-state index contributed by atoms with van der Waals surface area (Å²) in [7, 11) is 3.85. The molecule has 112 valence electrons. The number of hydrogen-bond acceptors (Lipinski definition) is 5. The first-order chi connectivity index (χ1) is 8.70. The second-order valence-electron chi connectivity index (χ2n) is 5.38. The van der Waals surface area contributed by atoms with Gasteiger partial charge in [-0.25, -0.2) is 0 Å². The SMILES string of the molecule is CC(C)CN(CN(C)C)CN(CC(=O)O)CC(=O)O. The minimum Gasteiger partial charge on any atom is -0.480 e. The van der Waals surface area contributed by atoms with Crippen molar-refractivity contribution in [2.45, 2.75) is 13.8 Å². The maximum atomic E-state index is 10.8. The molecule has 0 aromatic heterocycles. The zero-order valence-electron chi connectivity index (χ0n) is 12.2. The monoisotopic (exact) mass is 275 g/mol. The van der Waals surface area contributed by atoms with Gasteiger partial charge in [-0.3, -0.25) is 24.3 Å². The Morgan fingerprint density at radius 2 is 1.42 bits per heavy atom. The molecule has 19 heavy (non-hydrogen) atoms. The number of carboxylic acid groups (broad SMARTS) is 2. The molecule has 0 radical (unpaired) electrons. The van der Waals surface area contributed by atoms with Gasteiger partial charge in [-0.2, -0.15) is 0 Å². The fourth-order valence-electron chi connectivity index (χ4n) is 1.90. The van der Waals surface area contributed by atoms with E-state index in [0.29, 0.717) is 19.3 Å². The zero-order chi connectivity index (χ0) is 15.0. The van der Waals surface area contributed by atoms with Crippen LogP contribution in [0.3, 0.4) is 0 Å². The second kappa shape index (κ2) is 8.84. The minimum atomic E-state index is -1.02. The molecule has 0 atom stereocenters. The Labute approximate surface area is 114 Å². The van der Waals surface area contributed by atoms with Crippen LogP contribution in [0.4, 0.5) is 0 Å². The Bertz CT molecular complexity index is 269. The molecule has 0 aliphatic heterocycles. The maximum absolute atomic E-state index is 10.8. The number of hydrogen-bond donors (Lipinski definition) is 2. The summed E-state index contributed by atoms with van der Waals surface area (Å²) in [5, 5.41) is 17.6. The molecule has 0 aliphatic rings. The number of aliphatic carboxylic acids is 2. The highest BCUT2D eigenvalue weighted by Crippen LogP contribution is 2.02. The van der Waals surface area contributed by atoms with Crippen molar-refractivity contribution in [3.05, 3.63) is 0 Å². The van der Waals surface area contributed by atoms with Gasteiger partial charge < -0.3 is 10.2 Å². The van der Waals surface area contributed by atoms with Crippen LogP contribution in [0.1, 0.15) is 13.8 Å². The minimum absolute atomic E-state index is 0.270. The summed E-state index contributed by atoms with van der Waals surface area (Å²) in [5.41, 5.74) is 0. The third-order valence-corrected chi connectivity index (χ3v) is 2.22. The summed E-state index contributed by atoms with van der Waals surface area (Å²) in [5.74, 6) is -1.61. The molecular formula is C12H25N3O4. The molecule has 0 bridgehead atoms. The lowest BCUT2D eigenvalue weighted by Crippen LogP contribution is -2.46. The highest BCUT2D eigenvalue weighted by Gasteiger charge is 2.18. The zero-order valence-corrected chi connectivity index (χ0v) is 12.2. The summed E-state index contributed by atoms with van der Waals surface area (Å²) >= 11 is 0. The summed E-state index contributed by atoms with van der Waals surface area (Å²) in [6.07, 6.45) is 0. The fourth-order valence-corrected chi connectivity index (χ4v) is 1.90. The third kappa shape index (κ3) is 10.4. The molecule has 7 nitrogen and oxygen atoms in total. The van der Waals surface area contributed by atoms with Gasteiger partial charge >= 0.3 is 11.9 Å². The topological polar surface area (TPSA) is 84.3 Å². The first-order valence-corrected chi connectivity index (χ1v) is 6.23. The predicted molar refractivity (Wildman–Crippen MR) is 71.8 cm³/mol. The van der Waals surface area contributed by atoms with Crippen molar-refractivity contribution in [2.24, 2.45) is 5.92 Å². The van der Waals surface area contributed by atoms with E-state index in [1.165, 1.54) is 4.90 Å². The van der Waals surface area contributed by atoms with E-state index in [4.69, 9.17) is 10.2 Å². The van der Waals surface area contributed by atoms with Gasteiger partial charge in [0.05, 0.1) is 26.4 Å². The van der Waals surface area contributed by atoms with E-state index in [1.807, 2.05) is 23.9 Å². The van der Waals surface area contributed by atoms with Gasteiger partial charge in [-0.15, -0.1) is 0 Å². The van der Waals surface area contributed by atoms with Crippen LogP contribution in [-0.2, 0) is 9.59 Å². The Kier molecular flexibility index (Phi) is 8.29. The predicted octanol–water partition coefficient (Wildman–Crippen LogP) is -0.108. The second-order valence-corrected chi connectivity index (χ2v) is 5.38. The number of carboxylic acids is 2. The van der Waals surface area contributed by atoms with Gasteiger partial charge in [-0.1, -0.05) is 13.8 Å². The molecule has 0 aromatic rings. The van der Waals surface area contributed by atoms with Crippen LogP contribution in [0.25, 0.3) is 0 Å². The highest BCUT2D eigenvalue weighted by molar-refractivity contribution is 5.72. The van der Waals surface area contributed by atoms with Gasteiger partial charge in [0.2, 0.25) is 0 Å². The van der Waals surface area contributed by atoms with Crippen LogP contribution < -0.4 is 0 Å². The van der Waals surface area contributed by atoms with Crippen molar-refractivity contribution in [2.75, 3.05) is 47.1 Å². The molecule has 2 N–H and O–H groups in total. The van der Waals surface area contributed by atoms with Gasteiger partial charge in [0.15, 0.2) is 0 Å². The standard InChI is InChI=1S/C12H25N3O4/c1-10(2)5-15(8-13(3)4)9-14(6-11(16)17)7-12(18)19/h10H,5-9H2,1-4H3,(H,16,17)(H,18,19). The van der Waals surface area contributed by atoms with Crippen LogP contribution >= 0.6 is 0 Å². The van der Waals surface area contributed by atoms with Gasteiger partial charge in [0, 0.05) is 6.54 Å². The molecule has 0 fully saturated rings. The number of nitrogens with zero attached hydrogens (tertiary/aromatic N) is 3. The molecule has 0 amide bonds. The Morgan fingerprint density at radius 1 is 0.947 bits per heavy atom. The van der Waals surface area contributed by atoms with Crippen molar-refractivity contribution in [1.82, 2.24) is 14.7 Å². The van der Waals surface area contributed by atoms with Crippen LogP contribution in [-0.4, -0.2) is 83.9 Å². The molecule has 0 saturated heterocycles. The molecule has 0 unspecified atom stereocenters. The van der Waals surface area contributed by atoms with Crippen molar-refractivity contribution in [3.63, 3.8) is 0 Å². The van der Waals surface area contributed by atoms with E-state index < -0.39 is 11.9 Å². The fraction of sp³-hybridized carbons (Fsp3) is 0.833. The van der Waals surface area contributed by atoms with Crippen molar-refractivity contribution in [1.29, 1.82) is 0 Å². The average Bonchev–Trinajstić information content (AvgIpc) is 2.11. The van der Waals surface area contributed by atoms with Crippen LogP contribution in [0, 0.1) is 5.92 Å². The maximum Gasteiger partial charge on any atom is 0.317 e. The van der Waals surface area contributed by atoms with Gasteiger partial charge in [0.1, 0.15) is 0 Å². The highest BCUT2D eigenvalue weighted by atomic mass is 16.4. The smallest absolute Gasteiger partial charge is 0.317 e. The first kappa shape index (κ1) is 17.8. The molecule has 0 rings (SSSR count). The van der Waals surface area contributed by atoms with Crippen LogP contribution in [0.15, 0.2) is 0 Å². The molecule has 0 spiro atoms. The van der Waals surface area contributed by atoms with Crippen molar-refractivity contribution >= 4 is 11.9 Å². The largest absolute Gasteiger partial charge is 0.480 e. The number of carbonyl (C=O) groups is 2. The average molecular weight is 275 g/mol. The van der Waals surface area contributed by atoms with Crippen LogP contribution in [0.5, 0.6) is 0 Å². The van der Waals surface area contributed by atoms with Gasteiger partial charge in [0.25, 0.3) is 0 Å².